The first-order chi connectivity index (χ1) is 5.22. The lowest BCUT2D eigenvalue weighted by molar-refractivity contribution is -0.142. The van der Waals surface area contributed by atoms with E-state index in [2.05, 4.69) is 4.74 Å². The molecule has 0 bridgehead atoms. The molecule has 1 unspecified atom stereocenters. The van der Waals surface area contributed by atoms with Crippen molar-refractivity contribution in [2.24, 2.45) is 11.5 Å². The number of nitrogens with two attached hydrogens (primary N) is 2. The molecule has 0 aromatic heterocycles. The number of carbonyl (C=O) groups is 1. The van der Waals surface area contributed by atoms with Gasteiger partial charge in [-0.3, -0.25) is 4.79 Å². The van der Waals surface area contributed by atoms with Crippen molar-refractivity contribution in [1.29, 1.82) is 0 Å². The summed E-state index contributed by atoms with van der Waals surface area (Å²) in [6, 6.07) is -0.480. The van der Waals surface area contributed by atoms with Crippen molar-refractivity contribution >= 4 is 5.97 Å². The predicted octanol–water partition coefficient (Wildman–Crippen LogP) is -3.38. The maximum atomic E-state index is 10.7. The van der Waals surface area contributed by atoms with E-state index in [0.717, 1.165) is 12.8 Å². The number of hydrogen-bond acceptors (Lipinski definition) is 4. The summed E-state index contributed by atoms with van der Waals surface area (Å²) >= 11 is 0. The van der Waals surface area contributed by atoms with Crippen molar-refractivity contribution in [3.63, 3.8) is 0 Å². The Morgan fingerprint density at radius 2 is 2.08 bits per heavy atom. The molecule has 4 N–H and O–H groups in total. The minimum atomic E-state index is -0.480. The van der Waals surface area contributed by atoms with Gasteiger partial charge in [0, 0.05) is 0 Å². The van der Waals surface area contributed by atoms with E-state index in [0.29, 0.717) is 13.0 Å². The maximum Gasteiger partial charge on any atom is 0.322 e. The van der Waals surface area contributed by atoms with Crippen LogP contribution in [0.2, 0.25) is 0 Å². The molecule has 0 heterocycles. The number of rotatable bonds is 5. The van der Waals surface area contributed by atoms with E-state index in [9.17, 15) is 4.79 Å². The van der Waals surface area contributed by atoms with E-state index >= 15 is 0 Å². The molecule has 0 aliphatic carbocycles. The Labute approximate surface area is 79.0 Å². The highest BCUT2D eigenvalue weighted by Gasteiger charge is 2.11. The molecular formula is C7H16ClN2O2-. The molecule has 5 heteroatoms. The number of carbonyl (C=O) groups excluding carboxylic acids is 1. The molecule has 0 aliphatic rings. The Balaban J connectivity index is 0. The number of halogens is 1. The summed E-state index contributed by atoms with van der Waals surface area (Å²) in [5.41, 5.74) is 10.7. The largest absolute Gasteiger partial charge is 1.00 e. The van der Waals surface area contributed by atoms with Gasteiger partial charge in [0.1, 0.15) is 6.04 Å². The van der Waals surface area contributed by atoms with Crippen LogP contribution in [-0.4, -0.2) is 25.7 Å². The van der Waals surface area contributed by atoms with E-state index in [1.54, 1.807) is 0 Å². The standard InChI is InChI=1S/C7H16N2O2.ClH/c1-11-7(10)6(9)4-2-3-5-8;/h6H,2-5,8-9H2,1H3;1H/p-1. The van der Waals surface area contributed by atoms with Gasteiger partial charge >= 0.3 is 5.97 Å². The summed E-state index contributed by atoms with van der Waals surface area (Å²) in [4.78, 5) is 10.7. The SMILES string of the molecule is COC(=O)C(N)CCCCN.[Cl-]. The van der Waals surface area contributed by atoms with Gasteiger partial charge in [-0.25, -0.2) is 0 Å². The number of ether oxygens (including phenoxy) is 1. The van der Waals surface area contributed by atoms with Gasteiger partial charge in [0.15, 0.2) is 0 Å². The molecule has 12 heavy (non-hydrogen) atoms. The van der Waals surface area contributed by atoms with E-state index < -0.39 is 6.04 Å². The summed E-state index contributed by atoms with van der Waals surface area (Å²) in [5, 5.41) is 0. The van der Waals surface area contributed by atoms with Crippen LogP contribution in [0.15, 0.2) is 0 Å². The second-order valence-electron chi connectivity index (χ2n) is 2.41. The lowest BCUT2D eigenvalue weighted by atomic mass is 10.1. The number of unbranched alkanes of at least 4 members (excludes halogenated alkanes) is 1. The average Bonchev–Trinajstić information content (AvgIpc) is 2.03. The van der Waals surface area contributed by atoms with E-state index in [1.165, 1.54) is 7.11 Å². The highest BCUT2D eigenvalue weighted by Crippen LogP contribution is 1.98. The molecule has 0 saturated carbocycles. The predicted molar refractivity (Wildman–Crippen MR) is 42.9 cm³/mol. The molecule has 0 spiro atoms. The fourth-order valence-electron chi connectivity index (χ4n) is 0.778. The smallest absolute Gasteiger partial charge is 0.322 e. The molecule has 0 aliphatic heterocycles. The van der Waals surface area contributed by atoms with Gasteiger partial charge in [0.2, 0.25) is 0 Å². The van der Waals surface area contributed by atoms with Gasteiger partial charge in [-0.1, -0.05) is 6.42 Å². The monoisotopic (exact) mass is 195 g/mol. The summed E-state index contributed by atoms with van der Waals surface area (Å²) in [7, 11) is 1.34. The molecule has 4 nitrogen and oxygen atoms in total. The molecule has 0 rings (SSSR count). The Morgan fingerprint density at radius 3 is 2.50 bits per heavy atom. The second kappa shape index (κ2) is 8.77. The lowest BCUT2D eigenvalue weighted by Gasteiger charge is -2.07. The third-order valence-corrected chi connectivity index (χ3v) is 1.47. The first-order valence-electron chi connectivity index (χ1n) is 3.76. The van der Waals surface area contributed by atoms with Crippen molar-refractivity contribution < 1.29 is 21.9 Å². The normalized spacial score (nSPS) is 11.6. The van der Waals surface area contributed by atoms with Crippen LogP contribution in [0.25, 0.3) is 0 Å². The minimum Gasteiger partial charge on any atom is -1.00 e. The zero-order valence-corrected chi connectivity index (χ0v) is 8.01. The van der Waals surface area contributed by atoms with Crippen molar-refractivity contribution in [2.45, 2.75) is 25.3 Å². The Morgan fingerprint density at radius 1 is 1.50 bits per heavy atom. The van der Waals surface area contributed by atoms with Crippen LogP contribution in [0.5, 0.6) is 0 Å². The van der Waals surface area contributed by atoms with Gasteiger partial charge in [-0.15, -0.1) is 0 Å². The van der Waals surface area contributed by atoms with Gasteiger partial charge < -0.3 is 28.6 Å². The Kier molecular flexibility index (Phi) is 10.4. The van der Waals surface area contributed by atoms with Crippen molar-refractivity contribution in [1.82, 2.24) is 0 Å². The molecule has 0 fully saturated rings. The third kappa shape index (κ3) is 6.39. The van der Waals surface area contributed by atoms with Gasteiger partial charge in [0.25, 0.3) is 0 Å². The minimum absolute atomic E-state index is 0. The fourth-order valence-corrected chi connectivity index (χ4v) is 0.778. The molecule has 1 atom stereocenters. The van der Waals surface area contributed by atoms with Crippen LogP contribution < -0.4 is 23.9 Å². The van der Waals surface area contributed by atoms with Crippen molar-refractivity contribution in [2.75, 3.05) is 13.7 Å². The van der Waals surface area contributed by atoms with E-state index in [1.807, 2.05) is 0 Å². The molecule has 74 valence electrons. The van der Waals surface area contributed by atoms with Crippen LogP contribution >= 0.6 is 0 Å². The average molecular weight is 196 g/mol. The zero-order valence-electron chi connectivity index (χ0n) is 7.25. The Bertz CT molecular complexity index is 122. The molecule has 0 amide bonds. The molecular weight excluding hydrogens is 180 g/mol. The van der Waals surface area contributed by atoms with E-state index in [4.69, 9.17) is 11.5 Å². The number of methoxy groups -OCH3 is 1. The molecule has 0 aromatic rings. The molecule has 0 aromatic carbocycles. The quantitative estimate of drug-likeness (QED) is 0.355. The van der Waals surface area contributed by atoms with E-state index in [-0.39, 0.29) is 18.4 Å². The summed E-state index contributed by atoms with van der Waals surface area (Å²) in [6.45, 7) is 0.647. The summed E-state index contributed by atoms with van der Waals surface area (Å²) in [6.07, 6.45) is 2.45. The Hall–Kier alpha value is -0.320. The highest BCUT2D eigenvalue weighted by molar-refractivity contribution is 5.75. The molecule has 0 radical (unpaired) electrons. The van der Waals surface area contributed by atoms with Crippen LogP contribution in [0.3, 0.4) is 0 Å². The molecule has 0 saturated heterocycles. The maximum absolute atomic E-state index is 10.7. The van der Waals surface area contributed by atoms with Crippen molar-refractivity contribution in [3.8, 4) is 0 Å². The summed E-state index contributed by atoms with van der Waals surface area (Å²) in [5.74, 6) is -0.345. The fraction of sp³-hybridized carbons (Fsp3) is 0.857. The van der Waals surface area contributed by atoms with Crippen LogP contribution in [0.1, 0.15) is 19.3 Å². The van der Waals surface area contributed by atoms with Crippen molar-refractivity contribution in [3.05, 3.63) is 0 Å². The van der Waals surface area contributed by atoms with Gasteiger partial charge in [-0.2, -0.15) is 0 Å². The first kappa shape index (κ1) is 14.2. The van der Waals surface area contributed by atoms with Crippen LogP contribution in [-0.2, 0) is 9.53 Å². The number of esters is 1. The second-order valence-corrected chi connectivity index (χ2v) is 2.41. The number of hydrogen-bond donors (Lipinski definition) is 2. The van der Waals surface area contributed by atoms with Gasteiger partial charge in [-0.05, 0) is 19.4 Å². The lowest BCUT2D eigenvalue weighted by Crippen LogP contribution is -3.00. The summed E-state index contributed by atoms with van der Waals surface area (Å²) < 4.78 is 4.45. The van der Waals surface area contributed by atoms with Gasteiger partial charge in [0.05, 0.1) is 7.11 Å². The van der Waals surface area contributed by atoms with Crippen LogP contribution in [0.4, 0.5) is 0 Å². The first-order valence-corrected chi connectivity index (χ1v) is 3.76. The third-order valence-electron chi connectivity index (χ3n) is 1.47. The topological polar surface area (TPSA) is 78.3 Å². The van der Waals surface area contributed by atoms with Crippen LogP contribution in [0, 0.1) is 0 Å². The zero-order chi connectivity index (χ0) is 8.69. The highest BCUT2D eigenvalue weighted by atomic mass is 35.5.